The summed E-state index contributed by atoms with van der Waals surface area (Å²) in [6, 6.07) is 0. The van der Waals surface area contributed by atoms with Gasteiger partial charge < -0.3 is 15.0 Å². The van der Waals surface area contributed by atoms with Crippen LogP contribution in [0.1, 0.15) is 33.1 Å². The van der Waals surface area contributed by atoms with E-state index < -0.39 is 0 Å². The molecule has 1 atom stereocenters. The maximum absolute atomic E-state index is 11.9. The first-order valence-corrected chi connectivity index (χ1v) is 6.73. The molecule has 1 heterocycles. The van der Waals surface area contributed by atoms with Crippen LogP contribution >= 0.6 is 0 Å². The molecule has 1 N–H and O–H groups in total. The van der Waals surface area contributed by atoms with E-state index in [1.54, 1.807) is 11.8 Å². The zero-order chi connectivity index (χ0) is 14.3. The number of esters is 1. The Labute approximate surface area is 113 Å². The van der Waals surface area contributed by atoms with Crippen LogP contribution in [0.4, 0.5) is 0 Å². The second kappa shape index (κ2) is 7.76. The van der Waals surface area contributed by atoms with Gasteiger partial charge in [0.1, 0.15) is 0 Å². The van der Waals surface area contributed by atoms with E-state index >= 15 is 0 Å². The van der Waals surface area contributed by atoms with Crippen molar-refractivity contribution in [3.8, 4) is 0 Å². The Hall–Kier alpha value is -1.59. The summed E-state index contributed by atoms with van der Waals surface area (Å²) in [4.78, 5) is 36.0. The Morgan fingerprint density at radius 1 is 1.37 bits per heavy atom. The SMILES string of the molecule is CCOC(=O)[C@@H]1CCCN(C(=O)CCNC(C)=O)C1. The summed E-state index contributed by atoms with van der Waals surface area (Å²) < 4.78 is 4.99. The zero-order valence-electron chi connectivity index (χ0n) is 11.6. The van der Waals surface area contributed by atoms with E-state index in [0.29, 0.717) is 26.2 Å². The minimum absolute atomic E-state index is 0.0252. The number of amides is 2. The van der Waals surface area contributed by atoms with Crippen molar-refractivity contribution in [1.82, 2.24) is 10.2 Å². The predicted molar refractivity (Wildman–Crippen MR) is 69.2 cm³/mol. The molecule has 1 fully saturated rings. The van der Waals surface area contributed by atoms with Gasteiger partial charge in [-0.15, -0.1) is 0 Å². The minimum atomic E-state index is -0.220. The fourth-order valence-corrected chi connectivity index (χ4v) is 2.16. The third-order valence-corrected chi connectivity index (χ3v) is 3.11. The smallest absolute Gasteiger partial charge is 0.310 e. The largest absolute Gasteiger partial charge is 0.466 e. The molecular weight excluding hydrogens is 248 g/mol. The molecule has 108 valence electrons. The molecule has 19 heavy (non-hydrogen) atoms. The molecular formula is C13H22N2O4. The highest BCUT2D eigenvalue weighted by atomic mass is 16.5. The maximum atomic E-state index is 11.9. The second-order valence-corrected chi connectivity index (χ2v) is 4.66. The van der Waals surface area contributed by atoms with Gasteiger partial charge in [-0.05, 0) is 19.8 Å². The molecule has 0 unspecified atom stereocenters. The van der Waals surface area contributed by atoms with E-state index in [1.165, 1.54) is 6.92 Å². The van der Waals surface area contributed by atoms with Crippen LogP contribution in [0.3, 0.4) is 0 Å². The molecule has 0 radical (unpaired) electrons. The van der Waals surface area contributed by atoms with E-state index in [4.69, 9.17) is 4.74 Å². The number of ether oxygens (including phenoxy) is 1. The Balaban J connectivity index is 2.38. The van der Waals surface area contributed by atoms with Crippen LogP contribution in [-0.2, 0) is 19.1 Å². The van der Waals surface area contributed by atoms with Gasteiger partial charge >= 0.3 is 5.97 Å². The normalized spacial score (nSPS) is 18.8. The molecule has 6 heteroatoms. The quantitative estimate of drug-likeness (QED) is 0.730. The molecule has 6 nitrogen and oxygen atoms in total. The molecule has 0 saturated carbocycles. The van der Waals surface area contributed by atoms with Gasteiger partial charge in [0.05, 0.1) is 12.5 Å². The Morgan fingerprint density at radius 2 is 2.11 bits per heavy atom. The monoisotopic (exact) mass is 270 g/mol. The van der Waals surface area contributed by atoms with Crippen LogP contribution in [0.15, 0.2) is 0 Å². The van der Waals surface area contributed by atoms with E-state index in [9.17, 15) is 14.4 Å². The number of hydrogen-bond donors (Lipinski definition) is 1. The molecule has 0 aliphatic carbocycles. The third-order valence-electron chi connectivity index (χ3n) is 3.11. The predicted octanol–water partition coefficient (Wildman–Crippen LogP) is 0.314. The maximum Gasteiger partial charge on any atom is 0.310 e. The molecule has 1 aliphatic rings. The molecule has 1 rings (SSSR count). The van der Waals surface area contributed by atoms with Crippen molar-refractivity contribution in [1.29, 1.82) is 0 Å². The fourth-order valence-electron chi connectivity index (χ4n) is 2.16. The van der Waals surface area contributed by atoms with Crippen LogP contribution in [0.5, 0.6) is 0 Å². The lowest BCUT2D eigenvalue weighted by Gasteiger charge is -2.31. The molecule has 2 amide bonds. The van der Waals surface area contributed by atoms with E-state index in [0.717, 1.165) is 12.8 Å². The van der Waals surface area contributed by atoms with Gasteiger partial charge in [-0.1, -0.05) is 0 Å². The minimum Gasteiger partial charge on any atom is -0.466 e. The Kier molecular flexibility index (Phi) is 6.32. The summed E-state index contributed by atoms with van der Waals surface area (Å²) in [6.07, 6.45) is 1.86. The van der Waals surface area contributed by atoms with E-state index in [-0.39, 0.29) is 30.1 Å². The number of hydrogen-bond acceptors (Lipinski definition) is 4. The van der Waals surface area contributed by atoms with Crippen LogP contribution in [0.2, 0.25) is 0 Å². The van der Waals surface area contributed by atoms with Crippen molar-refractivity contribution in [2.24, 2.45) is 5.92 Å². The van der Waals surface area contributed by atoms with Gasteiger partial charge in [-0.3, -0.25) is 14.4 Å². The number of nitrogens with zero attached hydrogens (tertiary/aromatic N) is 1. The number of carbonyl (C=O) groups excluding carboxylic acids is 3. The van der Waals surface area contributed by atoms with Gasteiger partial charge in [-0.25, -0.2) is 0 Å². The lowest BCUT2D eigenvalue weighted by atomic mass is 9.98. The molecule has 0 aromatic heterocycles. The topological polar surface area (TPSA) is 75.7 Å². The van der Waals surface area contributed by atoms with Gasteiger partial charge in [0, 0.05) is 33.0 Å². The number of likely N-dealkylation sites (tertiary alicyclic amines) is 1. The number of rotatable bonds is 5. The molecule has 1 saturated heterocycles. The Morgan fingerprint density at radius 3 is 2.74 bits per heavy atom. The average molecular weight is 270 g/mol. The summed E-state index contributed by atoms with van der Waals surface area (Å²) >= 11 is 0. The van der Waals surface area contributed by atoms with Crippen molar-refractivity contribution < 1.29 is 19.1 Å². The highest BCUT2D eigenvalue weighted by molar-refractivity contribution is 5.79. The van der Waals surface area contributed by atoms with Crippen LogP contribution < -0.4 is 5.32 Å². The highest BCUT2D eigenvalue weighted by Crippen LogP contribution is 2.18. The molecule has 0 aromatic carbocycles. The third kappa shape index (κ3) is 5.28. The summed E-state index contributed by atoms with van der Waals surface area (Å²) in [6.45, 7) is 5.01. The van der Waals surface area contributed by atoms with Crippen molar-refractivity contribution in [2.75, 3.05) is 26.2 Å². The second-order valence-electron chi connectivity index (χ2n) is 4.66. The van der Waals surface area contributed by atoms with Crippen molar-refractivity contribution in [3.63, 3.8) is 0 Å². The van der Waals surface area contributed by atoms with Crippen LogP contribution in [0.25, 0.3) is 0 Å². The fraction of sp³-hybridized carbons (Fsp3) is 0.769. The first-order valence-electron chi connectivity index (χ1n) is 6.73. The molecule has 0 aromatic rings. The number of carbonyl (C=O) groups is 3. The van der Waals surface area contributed by atoms with Crippen LogP contribution in [-0.4, -0.2) is 48.9 Å². The molecule has 1 aliphatic heterocycles. The van der Waals surface area contributed by atoms with Crippen LogP contribution in [0, 0.1) is 5.92 Å². The van der Waals surface area contributed by atoms with Crippen molar-refractivity contribution in [3.05, 3.63) is 0 Å². The first kappa shape index (κ1) is 15.5. The van der Waals surface area contributed by atoms with E-state index in [1.807, 2.05) is 0 Å². The number of piperidine rings is 1. The summed E-state index contributed by atoms with van der Waals surface area (Å²) in [5.41, 5.74) is 0. The lowest BCUT2D eigenvalue weighted by Crippen LogP contribution is -2.43. The van der Waals surface area contributed by atoms with Gasteiger partial charge in [0.15, 0.2) is 0 Å². The molecule has 0 spiro atoms. The summed E-state index contributed by atoms with van der Waals surface area (Å²) in [5.74, 6) is -0.598. The summed E-state index contributed by atoms with van der Waals surface area (Å²) in [5, 5.41) is 2.59. The van der Waals surface area contributed by atoms with E-state index in [2.05, 4.69) is 5.32 Å². The Bertz CT molecular complexity index is 344. The number of nitrogens with one attached hydrogen (secondary N) is 1. The van der Waals surface area contributed by atoms with Gasteiger partial charge in [0.2, 0.25) is 11.8 Å². The van der Waals surface area contributed by atoms with Crippen molar-refractivity contribution in [2.45, 2.75) is 33.1 Å². The summed E-state index contributed by atoms with van der Waals surface area (Å²) in [7, 11) is 0. The van der Waals surface area contributed by atoms with Gasteiger partial charge in [-0.2, -0.15) is 0 Å². The standard InChI is InChI=1S/C13H22N2O4/c1-3-19-13(18)11-5-4-8-15(9-11)12(17)6-7-14-10(2)16/h11H,3-9H2,1-2H3,(H,14,16)/t11-/m1/s1. The van der Waals surface area contributed by atoms with Gasteiger partial charge in [0.25, 0.3) is 0 Å². The average Bonchev–Trinajstić information content (AvgIpc) is 2.38. The zero-order valence-corrected chi connectivity index (χ0v) is 11.6. The molecule has 0 bridgehead atoms. The highest BCUT2D eigenvalue weighted by Gasteiger charge is 2.28. The van der Waals surface area contributed by atoms with Crippen molar-refractivity contribution >= 4 is 17.8 Å². The lowest BCUT2D eigenvalue weighted by molar-refractivity contribution is -0.151. The first-order chi connectivity index (χ1) is 9.04.